The summed E-state index contributed by atoms with van der Waals surface area (Å²) < 4.78 is 43.1. The molecule has 0 bridgehead atoms. The summed E-state index contributed by atoms with van der Waals surface area (Å²) >= 11 is 0. The van der Waals surface area contributed by atoms with Crippen LogP contribution in [-0.2, 0) is 19.6 Å². The first-order chi connectivity index (χ1) is 13.2. The maximum atomic E-state index is 13.5. The van der Waals surface area contributed by atoms with E-state index in [1.807, 2.05) is 10.9 Å². The number of nitrogens with one attached hydrogen (secondary N) is 3. The van der Waals surface area contributed by atoms with Gasteiger partial charge in [-0.15, -0.1) is 0 Å². The number of rotatable bonds is 6. The van der Waals surface area contributed by atoms with Gasteiger partial charge in [0.25, 0.3) is 11.8 Å². The molecule has 3 N–H and O–H groups in total. The van der Waals surface area contributed by atoms with Gasteiger partial charge in [0.15, 0.2) is 6.61 Å². The first-order valence-electron chi connectivity index (χ1n) is 7.75. The summed E-state index contributed by atoms with van der Waals surface area (Å²) in [6.07, 6.45) is 0.917. The van der Waals surface area contributed by atoms with Gasteiger partial charge < -0.3 is 4.74 Å². The lowest BCUT2D eigenvalue weighted by Crippen LogP contribution is -2.43. The number of anilines is 1. The van der Waals surface area contributed by atoms with Crippen LogP contribution in [0.4, 0.5) is 10.1 Å². The van der Waals surface area contributed by atoms with Gasteiger partial charge in [0.05, 0.1) is 23.1 Å². The molecule has 2 aromatic carbocycles. The molecule has 28 heavy (non-hydrogen) atoms. The van der Waals surface area contributed by atoms with Crippen LogP contribution in [0.15, 0.2) is 48.5 Å². The average Bonchev–Trinajstić information content (AvgIpc) is 2.63. The number of amides is 2. The minimum Gasteiger partial charge on any atom is -0.452 e. The molecule has 2 amide bonds. The Bertz CT molecular complexity index is 1010. The fourth-order valence-corrected chi connectivity index (χ4v) is 2.61. The summed E-state index contributed by atoms with van der Waals surface area (Å²) in [5, 5.41) is 0. The highest BCUT2D eigenvalue weighted by Crippen LogP contribution is 2.17. The third-order valence-corrected chi connectivity index (χ3v) is 3.80. The monoisotopic (exact) mass is 409 g/mol. The van der Waals surface area contributed by atoms with Crippen LogP contribution in [0, 0.1) is 5.82 Å². The van der Waals surface area contributed by atoms with Crippen molar-refractivity contribution in [1.29, 1.82) is 0 Å². The van der Waals surface area contributed by atoms with Crippen molar-refractivity contribution < 1.29 is 31.9 Å². The molecule has 0 aliphatic carbocycles. The minimum atomic E-state index is -3.63. The van der Waals surface area contributed by atoms with Crippen molar-refractivity contribution in [3.8, 4) is 0 Å². The van der Waals surface area contributed by atoms with Gasteiger partial charge in [-0.2, -0.15) is 0 Å². The summed E-state index contributed by atoms with van der Waals surface area (Å²) in [6.45, 7) is -0.760. The van der Waals surface area contributed by atoms with Crippen molar-refractivity contribution in [2.24, 2.45) is 0 Å². The number of esters is 1. The molecule has 2 rings (SSSR count). The van der Waals surface area contributed by atoms with Crippen molar-refractivity contribution in [3.63, 3.8) is 0 Å². The smallest absolute Gasteiger partial charge is 0.340 e. The number of para-hydroxylation sites is 1. The molecule has 0 spiro atoms. The summed E-state index contributed by atoms with van der Waals surface area (Å²) in [4.78, 5) is 35.6. The van der Waals surface area contributed by atoms with Crippen LogP contribution in [0.5, 0.6) is 0 Å². The van der Waals surface area contributed by atoms with Crippen molar-refractivity contribution >= 4 is 33.5 Å². The molecular weight excluding hydrogens is 393 g/mol. The molecule has 0 atom stereocenters. The van der Waals surface area contributed by atoms with Crippen molar-refractivity contribution in [3.05, 3.63) is 65.5 Å². The van der Waals surface area contributed by atoms with Crippen molar-refractivity contribution in [2.75, 3.05) is 17.6 Å². The molecule has 11 heteroatoms. The van der Waals surface area contributed by atoms with E-state index in [0.29, 0.717) is 0 Å². The number of carbonyl (C=O) groups is 3. The van der Waals surface area contributed by atoms with Crippen LogP contribution >= 0.6 is 0 Å². The Morgan fingerprint density at radius 3 is 2.21 bits per heavy atom. The predicted molar refractivity (Wildman–Crippen MR) is 97.2 cm³/mol. The highest BCUT2D eigenvalue weighted by Gasteiger charge is 2.17. The second kappa shape index (κ2) is 8.95. The highest BCUT2D eigenvalue weighted by atomic mass is 32.2. The Morgan fingerprint density at radius 2 is 1.57 bits per heavy atom. The zero-order valence-electron chi connectivity index (χ0n) is 14.6. The zero-order chi connectivity index (χ0) is 20.7. The van der Waals surface area contributed by atoms with Gasteiger partial charge in [-0.3, -0.25) is 25.2 Å². The maximum Gasteiger partial charge on any atom is 0.340 e. The van der Waals surface area contributed by atoms with E-state index < -0.39 is 40.2 Å². The third-order valence-electron chi connectivity index (χ3n) is 3.21. The Hall–Kier alpha value is -3.47. The standard InChI is InChI=1S/C17H16FN3O6S/c1-28(25,26)21-14-9-5-3-7-12(14)17(24)27-10-15(22)19-20-16(23)11-6-2-4-8-13(11)18/h2-9,21H,10H2,1H3,(H,19,22)(H,20,23). The van der Waals surface area contributed by atoms with E-state index in [0.717, 1.165) is 12.3 Å². The first-order valence-corrected chi connectivity index (χ1v) is 9.64. The normalized spacial score (nSPS) is 10.6. The SMILES string of the molecule is CS(=O)(=O)Nc1ccccc1C(=O)OCC(=O)NNC(=O)c1ccccc1F. The number of ether oxygens (including phenoxy) is 1. The summed E-state index contributed by atoms with van der Waals surface area (Å²) in [5.74, 6) is -3.50. The van der Waals surface area contributed by atoms with Gasteiger partial charge in [-0.1, -0.05) is 24.3 Å². The van der Waals surface area contributed by atoms with Crippen molar-refractivity contribution in [2.45, 2.75) is 0 Å². The number of hydrazine groups is 1. The molecule has 2 aromatic rings. The molecule has 0 saturated carbocycles. The summed E-state index contributed by atoms with van der Waals surface area (Å²) in [7, 11) is -3.63. The Kier molecular flexibility index (Phi) is 6.66. The van der Waals surface area contributed by atoms with Gasteiger partial charge in [-0.05, 0) is 24.3 Å². The Balaban J connectivity index is 1.90. The fraction of sp³-hybridized carbons (Fsp3) is 0.118. The van der Waals surface area contributed by atoms with E-state index in [1.54, 1.807) is 0 Å². The van der Waals surface area contributed by atoms with Crippen LogP contribution in [0.2, 0.25) is 0 Å². The molecule has 148 valence electrons. The molecule has 0 unspecified atom stereocenters. The van der Waals surface area contributed by atoms with Gasteiger partial charge in [0.2, 0.25) is 10.0 Å². The molecule has 0 fully saturated rings. The second-order valence-electron chi connectivity index (χ2n) is 5.48. The molecule has 0 saturated heterocycles. The Morgan fingerprint density at radius 1 is 0.964 bits per heavy atom. The topological polar surface area (TPSA) is 131 Å². The largest absolute Gasteiger partial charge is 0.452 e. The van der Waals surface area contributed by atoms with Gasteiger partial charge in [0.1, 0.15) is 5.82 Å². The molecular formula is C17H16FN3O6S. The van der Waals surface area contributed by atoms with Gasteiger partial charge in [-0.25, -0.2) is 17.6 Å². The lowest BCUT2D eigenvalue weighted by atomic mass is 10.2. The molecule has 9 nitrogen and oxygen atoms in total. The summed E-state index contributed by atoms with van der Waals surface area (Å²) in [5.41, 5.74) is 3.57. The highest BCUT2D eigenvalue weighted by molar-refractivity contribution is 7.92. The van der Waals surface area contributed by atoms with E-state index in [1.165, 1.54) is 42.5 Å². The van der Waals surface area contributed by atoms with E-state index >= 15 is 0 Å². The number of halogens is 1. The zero-order valence-corrected chi connectivity index (χ0v) is 15.4. The number of carbonyl (C=O) groups excluding carboxylic acids is 3. The number of sulfonamides is 1. The molecule has 0 heterocycles. The number of benzene rings is 2. The fourth-order valence-electron chi connectivity index (χ4n) is 2.03. The lowest BCUT2D eigenvalue weighted by molar-refractivity contribution is -0.125. The molecule has 0 aliphatic heterocycles. The lowest BCUT2D eigenvalue weighted by Gasteiger charge is -2.11. The quantitative estimate of drug-likeness (QED) is 0.478. The summed E-state index contributed by atoms with van der Waals surface area (Å²) in [6, 6.07) is 10.8. The van der Waals surface area contributed by atoms with Crippen molar-refractivity contribution in [1.82, 2.24) is 10.9 Å². The number of hydrogen-bond acceptors (Lipinski definition) is 6. The van der Waals surface area contributed by atoms with Gasteiger partial charge in [0, 0.05) is 0 Å². The minimum absolute atomic E-state index is 0.0109. The molecule has 0 aromatic heterocycles. The van der Waals surface area contributed by atoms with E-state index in [4.69, 9.17) is 4.74 Å². The third kappa shape index (κ3) is 6.06. The van der Waals surface area contributed by atoms with Crippen LogP contribution in [0.3, 0.4) is 0 Å². The predicted octanol–water partition coefficient (Wildman–Crippen LogP) is 0.815. The first kappa shape index (κ1) is 20.8. The van der Waals surface area contributed by atoms with Crippen LogP contribution in [0.1, 0.15) is 20.7 Å². The van der Waals surface area contributed by atoms with Crippen LogP contribution in [0.25, 0.3) is 0 Å². The van der Waals surface area contributed by atoms with E-state index in [-0.39, 0.29) is 16.8 Å². The van der Waals surface area contributed by atoms with Crippen LogP contribution in [-0.4, -0.2) is 39.1 Å². The van der Waals surface area contributed by atoms with E-state index in [9.17, 15) is 27.2 Å². The molecule has 0 radical (unpaired) electrons. The second-order valence-corrected chi connectivity index (χ2v) is 7.23. The van der Waals surface area contributed by atoms with Gasteiger partial charge >= 0.3 is 5.97 Å². The maximum absolute atomic E-state index is 13.5. The number of hydrogen-bond donors (Lipinski definition) is 3. The van der Waals surface area contributed by atoms with Crippen LogP contribution < -0.4 is 15.6 Å². The molecule has 0 aliphatic rings. The Labute approximate surface area is 159 Å². The average molecular weight is 409 g/mol. The van der Waals surface area contributed by atoms with E-state index in [2.05, 4.69) is 4.72 Å².